The number of esters is 4. The number of hydrogen-bond acceptors (Lipinski definition) is 15. The van der Waals surface area contributed by atoms with Crippen molar-refractivity contribution in [2.45, 2.75) is 303 Å². The second-order valence-electron chi connectivity index (χ2n) is 24.8. The van der Waals surface area contributed by atoms with Crippen molar-refractivity contribution in [2.24, 2.45) is 0 Å². The van der Waals surface area contributed by atoms with Gasteiger partial charge in [-0.3, -0.25) is 37.3 Å². The van der Waals surface area contributed by atoms with Crippen LogP contribution in [0, 0.1) is 0 Å². The van der Waals surface area contributed by atoms with Gasteiger partial charge in [0.2, 0.25) is 0 Å². The maximum Gasteiger partial charge on any atom is 0.472 e. The largest absolute Gasteiger partial charge is 0.472 e. The Morgan fingerprint density at radius 1 is 0.290 bits per heavy atom. The minimum Gasteiger partial charge on any atom is -0.462 e. The Hall–Kier alpha value is -5.06. The summed E-state index contributed by atoms with van der Waals surface area (Å²) in [4.78, 5) is 72.9. The smallest absolute Gasteiger partial charge is 0.462 e. The summed E-state index contributed by atoms with van der Waals surface area (Å²) in [7, 11) is -9.99. The van der Waals surface area contributed by atoms with E-state index in [1.807, 2.05) is 0 Å². The van der Waals surface area contributed by atoms with Gasteiger partial charge in [0, 0.05) is 25.7 Å². The number of phosphoric ester groups is 2. The fraction of sp³-hybridized carbons (Fsp3) is 0.654. The van der Waals surface area contributed by atoms with Crippen molar-refractivity contribution in [3.8, 4) is 0 Å². The first-order chi connectivity index (χ1) is 48.7. The molecule has 0 aromatic rings. The summed E-state index contributed by atoms with van der Waals surface area (Å²) in [6.07, 6.45) is 81.3. The predicted molar refractivity (Wildman–Crippen MR) is 408 cm³/mol. The van der Waals surface area contributed by atoms with Gasteiger partial charge in [0.05, 0.1) is 26.4 Å². The first-order valence-corrected chi connectivity index (χ1v) is 41.1. The minimum atomic E-state index is -5.00. The number of carbonyl (C=O) groups is 4. The lowest BCUT2D eigenvalue weighted by Crippen LogP contribution is -2.30. The van der Waals surface area contributed by atoms with E-state index in [0.29, 0.717) is 32.1 Å². The summed E-state index contributed by atoms with van der Waals surface area (Å²) >= 11 is 0. The molecule has 0 aliphatic carbocycles. The molecule has 0 aliphatic rings. The van der Waals surface area contributed by atoms with Crippen LogP contribution in [0.15, 0.2) is 146 Å². The third kappa shape index (κ3) is 71.3. The first-order valence-electron chi connectivity index (χ1n) is 38.1. The summed E-state index contributed by atoms with van der Waals surface area (Å²) in [5, 5.41) is 10.6. The summed E-state index contributed by atoms with van der Waals surface area (Å²) < 4.78 is 68.4. The Bertz CT molecular complexity index is 2470. The zero-order valence-corrected chi connectivity index (χ0v) is 63.9. The fourth-order valence-corrected chi connectivity index (χ4v) is 11.1. The number of ether oxygens (including phenoxy) is 4. The standard InChI is InChI=1S/C81H134O17P2/c1-5-9-13-17-21-25-29-33-36-37-40-43-46-50-54-58-62-66-79(84)92-72-77(98-81(86)68-64-60-56-52-48-44-39-35-31-27-23-19-15-11-7-3)74-96-100(89,90)94-70-75(82)69-93-99(87,88)95-73-76(97-80(85)67-63-59-55-51-47-41-32-28-24-20-16-12-8-4)71-91-78(83)65-61-57-53-49-45-42-38-34-30-26-22-18-14-10-6-2/h9-11,13-15,21-23,25-28,32-36,38-40,43,48,52,75-77,82H,5-8,12,16-20,24,29-31,37,41-42,44-47,49-51,53-74H2,1-4H3,(H,87,88)(H,89,90)/b13-9-,14-10-,15-11-,25-21-,26-22-,27-23-,32-28-,36-33-,38-34-,39-35-,43-40-,52-48-. The highest BCUT2D eigenvalue weighted by Crippen LogP contribution is 2.45. The van der Waals surface area contributed by atoms with Gasteiger partial charge in [-0.2, -0.15) is 0 Å². The van der Waals surface area contributed by atoms with Crippen molar-refractivity contribution >= 4 is 39.5 Å². The van der Waals surface area contributed by atoms with E-state index in [0.717, 1.165) is 173 Å². The van der Waals surface area contributed by atoms with Crippen LogP contribution in [0.3, 0.4) is 0 Å². The fourth-order valence-electron chi connectivity index (χ4n) is 9.56. The highest BCUT2D eigenvalue weighted by atomic mass is 31.2. The monoisotopic (exact) mass is 1440 g/mol. The average molecular weight is 1440 g/mol. The van der Waals surface area contributed by atoms with Gasteiger partial charge >= 0.3 is 39.5 Å². The highest BCUT2D eigenvalue weighted by molar-refractivity contribution is 7.47. The molecule has 0 aromatic carbocycles. The molecule has 0 aliphatic heterocycles. The zero-order chi connectivity index (χ0) is 73.2. The molecule has 100 heavy (non-hydrogen) atoms. The Kier molecular flexibility index (Phi) is 68.6. The predicted octanol–water partition coefficient (Wildman–Crippen LogP) is 21.9. The highest BCUT2D eigenvalue weighted by Gasteiger charge is 2.30. The molecule has 0 saturated heterocycles. The van der Waals surface area contributed by atoms with Crippen molar-refractivity contribution in [1.29, 1.82) is 0 Å². The molecule has 0 radical (unpaired) electrons. The van der Waals surface area contributed by atoms with Gasteiger partial charge in [-0.25, -0.2) is 9.13 Å². The van der Waals surface area contributed by atoms with Gasteiger partial charge in [0.25, 0.3) is 0 Å². The molecule has 0 bridgehead atoms. The summed E-state index contributed by atoms with van der Waals surface area (Å²) in [6, 6.07) is 0. The van der Waals surface area contributed by atoms with Crippen molar-refractivity contribution in [3.05, 3.63) is 146 Å². The molecule has 0 rings (SSSR count). The van der Waals surface area contributed by atoms with Crippen LogP contribution in [0.4, 0.5) is 0 Å². The molecular formula is C81H134O17P2. The molecular weight excluding hydrogens is 1310 g/mol. The Labute approximate surface area is 605 Å². The summed E-state index contributed by atoms with van der Waals surface area (Å²) in [5.74, 6) is -2.29. The van der Waals surface area contributed by atoms with Crippen LogP contribution < -0.4 is 0 Å². The molecule has 5 unspecified atom stereocenters. The molecule has 3 N–H and O–H groups in total. The third-order valence-electron chi connectivity index (χ3n) is 15.3. The van der Waals surface area contributed by atoms with E-state index >= 15 is 0 Å². The van der Waals surface area contributed by atoms with Crippen molar-refractivity contribution < 1.29 is 80.2 Å². The summed E-state index contributed by atoms with van der Waals surface area (Å²) in [5.41, 5.74) is 0. The molecule has 0 amide bonds. The van der Waals surface area contributed by atoms with Gasteiger partial charge < -0.3 is 33.8 Å². The number of carbonyl (C=O) groups excluding carboxylic acids is 4. The van der Waals surface area contributed by atoms with Crippen molar-refractivity contribution in [3.63, 3.8) is 0 Å². The number of unbranched alkanes of at least 4 members (excludes halogenated alkanes) is 20. The molecule has 17 nitrogen and oxygen atoms in total. The lowest BCUT2D eigenvalue weighted by molar-refractivity contribution is -0.161. The van der Waals surface area contributed by atoms with E-state index < -0.39 is 97.5 Å². The number of aliphatic hydroxyl groups excluding tert-OH is 1. The number of allylic oxidation sites excluding steroid dienone is 24. The Balaban J connectivity index is 5.43. The van der Waals surface area contributed by atoms with Crippen LogP contribution in [0.1, 0.15) is 285 Å². The Morgan fingerprint density at radius 2 is 0.520 bits per heavy atom. The van der Waals surface area contributed by atoms with E-state index in [9.17, 15) is 43.2 Å². The van der Waals surface area contributed by atoms with E-state index in [2.05, 4.69) is 174 Å². The molecule has 19 heteroatoms. The average Bonchev–Trinajstić information content (AvgIpc) is 1.06. The van der Waals surface area contributed by atoms with Crippen LogP contribution in [0.2, 0.25) is 0 Å². The number of phosphoric acid groups is 2. The first kappa shape index (κ1) is 94.9. The molecule has 0 spiro atoms. The quantitative estimate of drug-likeness (QED) is 0.0169. The molecule has 0 heterocycles. The number of rotatable bonds is 70. The normalized spacial score (nSPS) is 14.8. The second-order valence-corrected chi connectivity index (χ2v) is 27.7. The van der Waals surface area contributed by atoms with E-state index in [-0.39, 0.29) is 25.7 Å². The second kappa shape index (κ2) is 72.3. The van der Waals surface area contributed by atoms with E-state index in [1.54, 1.807) is 0 Å². The van der Waals surface area contributed by atoms with Crippen LogP contribution >= 0.6 is 15.6 Å². The number of hydrogen-bond donors (Lipinski definition) is 3. The SMILES string of the molecule is CC/C=C\C/C=C\C/C=C\C/C=C\CCCCCCC(=O)OCC(COP(=O)(O)OCC(O)COP(=O)(O)OCC(COC(=O)CCCCCCC/C=C\C/C=C\C/C=C\CC)OC(=O)CCCCCCC/C=C\CCCCCC)OC(=O)CCCC/C=C\C/C=C\C/C=C\C/C=C\CC. The molecule has 0 fully saturated rings. The van der Waals surface area contributed by atoms with Crippen LogP contribution in [-0.4, -0.2) is 96.7 Å². The maximum absolute atomic E-state index is 13.1. The van der Waals surface area contributed by atoms with Gasteiger partial charge in [-0.05, 0) is 161 Å². The van der Waals surface area contributed by atoms with Crippen molar-refractivity contribution in [2.75, 3.05) is 39.6 Å². The number of aliphatic hydroxyl groups is 1. The van der Waals surface area contributed by atoms with Gasteiger partial charge in [0.1, 0.15) is 19.3 Å². The third-order valence-corrected chi connectivity index (χ3v) is 17.2. The lowest BCUT2D eigenvalue weighted by Gasteiger charge is -2.21. The van der Waals surface area contributed by atoms with Crippen LogP contribution in [-0.2, 0) is 65.4 Å². The minimum absolute atomic E-state index is 0.0322. The molecule has 0 saturated carbocycles. The van der Waals surface area contributed by atoms with Crippen LogP contribution in [0.25, 0.3) is 0 Å². The topological polar surface area (TPSA) is 237 Å². The zero-order valence-electron chi connectivity index (χ0n) is 62.1. The Morgan fingerprint density at radius 3 is 0.830 bits per heavy atom. The molecule has 0 aromatic heterocycles. The van der Waals surface area contributed by atoms with Crippen LogP contribution in [0.5, 0.6) is 0 Å². The summed E-state index contributed by atoms with van der Waals surface area (Å²) in [6.45, 7) is 4.40. The van der Waals surface area contributed by atoms with E-state index in [1.165, 1.54) is 25.7 Å². The van der Waals surface area contributed by atoms with Gasteiger partial charge in [0.15, 0.2) is 12.2 Å². The molecule has 5 atom stereocenters. The van der Waals surface area contributed by atoms with Gasteiger partial charge in [-0.15, -0.1) is 0 Å². The van der Waals surface area contributed by atoms with Crippen molar-refractivity contribution in [1.82, 2.24) is 0 Å². The molecule has 570 valence electrons. The maximum atomic E-state index is 13.1. The lowest BCUT2D eigenvalue weighted by atomic mass is 10.1. The van der Waals surface area contributed by atoms with E-state index in [4.69, 9.17) is 37.0 Å². The van der Waals surface area contributed by atoms with Gasteiger partial charge in [-0.1, -0.05) is 244 Å².